The first kappa shape index (κ1) is 33.2. The highest BCUT2D eigenvalue weighted by Crippen LogP contribution is 2.31. The molecule has 1 aliphatic rings. The predicted octanol–water partition coefficient (Wildman–Crippen LogP) is 6.68. The highest BCUT2D eigenvalue weighted by Gasteiger charge is 2.36. The van der Waals surface area contributed by atoms with Gasteiger partial charge in [0.15, 0.2) is 0 Å². The van der Waals surface area contributed by atoms with Crippen molar-refractivity contribution in [1.82, 2.24) is 10.2 Å². The number of nitrogens with zero attached hydrogens (tertiary/aromatic N) is 2. The van der Waals surface area contributed by atoms with Crippen molar-refractivity contribution in [1.29, 1.82) is 0 Å². The van der Waals surface area contributed by atoms with Crippen LogP contribution in [0, 0.1) is 12.7 Å². The molecule has 1 saturated carbocycles. The van der Waals surface area contributed by atoms with Crippen molar-refractivity contribution in [3.05, 3.63) is 131 Å². The molecule has 0 bridgehead atoms. The number of benzene rings is 4. The van der Waals surface area contributed by atoms with Crippen LogP contribution in [0.5, 0.6) is 0 Å². The first-order valence-electron chi connectivity index (χ1n) is 15.3. The molecule has 5 rings (SSSR count). The van der Waals surface area contributed by atoms with Gasteiger partial charge >= 0.3 is 0 Å². The Morgan fingerprint density at radius 2 is 1.50 bits per heavy atom. The fraction of sp³-hybridized carbons (Fsp3) is 0.278. The Balaban J connectivity index is 1.58. The molecule has 1 N–H and O–H groups in total. The number of carbonyl (C=O) groups excluding carboxylic acids is 2. The molecular formula is C36H37ClFN3O4S. The van der Waals surface area contributed by atoms with Gasteiger partial charge in [-0.2, -0.15) is 0 Å². The van der Waals surface area contributed by atoms with Gasteiger partial charge in [-0.15, -0.1) is 0 Å². The molecule has 4 aromatic rings. The van der Waals surface area contributed by atoms with Crippen LogP contribution in [-0.2, 0) is 32.6 Å². The Kier molecular flexibility index (Phi) is 10.8. The summed E-state index contributed by atoms with van der Waals surface area (Å²) in [6.45, 7) is 1.06. The fourth-order valence-electron chi connectivity index (χ4n) is 5.81. The molecule has 0 unspecified atom stereocenters. The summed E-state index contributed by atoms with van der Waals surface area (Å²) in [5.41, 5.74) is 2.17. The third kappa shape index (κ3) is 7.95. The van der Waals surface area contributed by atoms with Gasteiger partial charge in [-0.1, -0.05) is 91.2 Å². The van der Waals surface area contributed by atoms with E-state index in [-0.39, 0.29) is 35.5 Å². The second kappa shape index (κ2) is 14.9. The summed E-state index contributed by atoms with van der Waals surface area (Å²) in [5.74, 6) is -1.34. The van der Waals surface area contributed by atoms with Crippen molar-refractivity contribution in [2.45, 2.75) is 62.6 Å². The van der Waals surface area contributed by atoms with Crippen molar-refractivity contribution in [2.75, 3.05) is 10.8 Å². The summed E-state index contributed by atoms with van der Waals surface area (Å²) in [7, 11) is -4.25. The number of rotatable bonds is 12. The zero-order valence-corrected chi connectivity index (χ0v) is 27.2. The Bertz CT molecular complexity index is 1750. The van der Waals surface area contributed by atoms with E-state index in [1.165, 1.54) is 29.2 Å². The summed E-state index contributed by atoms with van der Waals surface area (Å²) in [6, 6.07) is 26.9. The number of hydrogen-bond acceptors (Lipinski definition) is 4. The molecule has 46 heavy (non-hydrogen) atoms. The molecule has 4 aromatic carbocycles. The number of nitrogens with one attached hydrogen (secondary N) is 1. The number of anilines is 1. The van der Waals surface area contributed by atoms with E-state index in [9.17, 15) is 22.4 Å². The second-order valence-corrected chi connectivity index (χ2v) is 13.8. The molecule has 0 aromatic heterocycles. The average molecular weight is 662 g/mol. The lowest BCUT2D eigenvalue weighted by Crippen LogP contribution is -2.54. The van der Waals surface area contributed by atoms with Gasteiger partial charge in [0.2, 0.25) is 11.8 Å². The van der Waals surface area contributed by atoms with Gasteiger partial charge in [-0.3, -0.25) is 13.9 Å². The van der Waals surface area contributed by atoms with Crippen LogP contribution in [0.1, 0.15) is 42.4 Å². The van der Waals surface area contributed by atoms with Crippen LogP contribution in [0.25, 0.3) is 0 Å². The molecule has 0 spiro atoms. The summed E-state index contributed by atoms with van der Waals surface area (Å²) in [4.78, 5) is 30.1. The Hall–Kier alpha value is -4.21. The van der Waals surface area contributed by atoms with Crippen molar-refractivity contribution in [3.63, 3.8) is 0 Å². The largest absolute Gasteiger partial charge is 0.352 e. The normalized spacial score (nSPS) is 14.1. The van der Waals surface area contributed by atoms with Gasteiger partial charge in [-0.05, 0) is 72.9 Å². The van der Waals surface area contributed by atoms with Crippen molar-refractivity contribution in [3.8, 4) is 0 Å². The van der Waals surface area contributed by atoms with Crippen molar-refractivity contribution >= 4 is 39.1 Å². The Morgan fingerprint density at radius 3 is 2.15 bits per heavy atom. The predicted molar refractivity (Wildman–Crippen MR) is 178 cm³/mol. The van der Waals surface area contributed by atoms with Gasteiger partial charge in [0.1, 0.15) is 18.4 Å². The molecule has 0 radical (unpaired) electrons. The zero-order valence-electron chi connectivity index (χ0n) is 25.6. The van der Waals surface area contributed by atoms with E-state index >= 15 is 0 Å². The van der Waals surface area contributed by atoms with E-state index in [4.69, 9.17) is 11.6 Å². The topological polar surface area (TPSA) is 86.8 Å². The second-order valence-electron chi connectivity index (χ2n) is 11.6. The maximum Gasteiger partial charge on any atom is 0.264 e. The number of amides is 2. The number of halogens is 2. The van der Waals surface area contributed by atoms with E-state index in [1.54, 1.807) is 55.5 Å². The van der Waals surface area contributed by atoms with Gasteiger partial charge in [0.25, 0.3) is 10.0 Å². The lowest BCUT2D eigenvalue weighted by Gasteiger charge is -2.34. The molecular weight excluding hydrogens is 625 g/mol. The highest BCUT2D eigenvalue weighted by atomic mass is 35.5. The minimum Gasteiger partial charge on any atom is -0.352 e. The molecule has 7 nitrogen and oxygen atoms in total. The van der Waals surface area contributed by atoms with Crippen molar-refractivity contribution in [2.24, 2.45) is 0 Å². The first-order valence-corrected chi connectivity index (χ1v) is 17.2. The minimum absolute atomic E-state index is 0.00221. The van der Waals surface area contributed by atoms with Crippen LogP contribution in [-0.4, -0.2) is 43.8 Å². The molecule has 1 atom stereocenters. The van der Waals surface area contributed by atoms with E-state index in [0.717, 1.165) is 35.6 Å². The monoisotopic (exact) mass is 661 g/mol. The standard InChI is InChI=1S/C36H37ClFN3O4S/c1-26-32(37)17-10-18-33(26)41(46(44,45)31-15-6-3-7-16-31)25-35(42)40(24-28-19-21-29(38)22-20-28)34(23-27-11-4-2-5-12-27)36(43)39-30-13-8-9-14-30/h2-7,10-12,15-22,30,34H,8-9,13-14,23-25H2,1H3,(H,39,43)/t34-/m0/s1. The number of hydrogen-bond donors (Lipinski definition) is 1. The molecule has 1 fully saturated rings. The summed E-state index contributed by atoms with van der Waals surface area (Å²) >= 11 is 6.44. The maximum atomic E-state index is 14.6. The van der Waals surface area contributed by atoms with Gasteiger partial charge in [0, 0.05) is 24.0 Å². The maximum absolute atomic E-state index is 14.6. The molecule has 0 aliphatic heterocycles. The average Bonchev–Trinajstić information content (AvgIpc) is 3.57. The zero-order chi connectivity index (χ0) is 32.7. The smallest absolute Gasteiger partial charge is 0.264 e. The van der Waals surface area contributed by atoms with Gasteiger partial charge in [-0.25, -0.2) is 12.8 Å². The molecule has 2 amide bonds. The Morgan fingerprint density at radius 1 is 0.870 bits per heavy atom. The van der Waals surface area contributed by atoms with Gasteiger partial charge in [0.05, 0.1) is 10.6 Å². The Labute approximate surface area is 275 Å². The van der Waals surface area contributed by atoms with Crippen molar-refractivity contribution < 1.29 is 22.4 Å². The van der Waals surface area contributed by atoms with E-state index < -0.39 is 34.3 Å². The van der Waals surface area contributed by atoms with Crippen LogP contribution in [0.15, 0.2) is 108 Å². The molecule has 0 heterocycles. The summed E-state index contributed by atoms with van der Waals surface area (Å²) in [5, 5.41) is 3.49. The summed E-state index contributed by atoms with van der Waals surface area (Å²) < 4.78 is 43.3. The molecule has 240 valence electrons. The molecule has 0 saturated heterocycles. The minimum atomic E-state index is -4.25. The van der Waals surface area contributed by atoms with Crippen LogP contribution < -0.4 is 9.62 Å². The van der Waals surface area contributed by atoms with Crippen LogP contribution in [0.2, 0.25) is 5.02 Å². The molecule has 10 heteroatoms. The van der Waals surface area contributed by atoms with E-state index in [1.807, 2.05) is 30.3 Å². The van der Waals surface area contributed by atoms with Crippen LogP contribution in [0.3, 0.4) is 0 Å². The first-order chi connectivity index (χ1) is 22.1. The van der Waals surface area contributed by atoms with Crippen LogP contribution in [0.4, 0.5) is 10.1 Å². The lowest BCUT2D eigenvalue weighted by atomic mass is 10.0. The fourth-order valence-corrected chi connectivity index (χ4v) is 7.47. The number of sulfonamides is 1. The highest BCUT2D eigenvalue weighted by molar-refractivity contribution is 7.92. The number of carbonyl (C=O) groups is 2. The SMILES string of the molecule is Cc1c(Cl)cccc1N(CC(=O)N(Cc1ccc(F)cc1)[C@@H](Cc1ccccc1)C(=O)NC1CCCC1)S(=O)(=O)c1ccccc1. The third-order valence-corrected chi connectivity index (χ3v) is 10.5. The van der Waals surface area contributed by atoms with Crippen LogP contribution >= 0.6 is 11.6 Å². The molecule has 1 aliphatic carbocycles. The van der Waals surface area contributed by atoms with E-state index in [2.05, 4.69) is 5.32 Å². The quantitative estimate of drug-likeness (QED) is 0.184. The van der Waals surface area contributed by atoms with E-state index in [0.29, 0.717) is 16.1 Å². The van der Waals surface area contributed by atoms with Gasteiger partial charge < -0.3 is 10.2 Å². The summed E-state index contributed by atoms with van der Waals surface area (Å²) in [6.07, 6.45) is 3.93. The lowest BCUT2D eigenvalue weighted by molar-refractivity contribution is -0.140. The third-order valence-electron chi connectivity index (χ3n) is 8.36.